The molecule has 2 fully saturated rings. The van der Waals surface area contributed by atoms with Gasteiger partial charge in [-0.1, -0.05) is 0 Å². The summed E-state index contributed by atoms with van der Waals surface area (Å²) in [6, 6.07) is 0. The molecule has 0 bridgehead atoms. The van der Waals surface area contributed by atoms with Gasteiger partial charge in [0, 0.05) is 45.8 Å². The van der Waals surface area contributed by atoms with Gasteiger partial charge >= 0.3 is 6.09 Å². The number of halogens is 1. The number of rotatable bonds is 7. The van der Waals surface area contributed by atoms with Gasteiger partial charge < -0.3 is 25.0 Å². The van der Waals surface area contributed by atoms with Crippen LogP contribution in [0.4, 0.5) is 4.79 Å². The van der Waals surface area contributed by atoms with E-state index in [0.29, 0.717) is 5.92 Å². The number of guanidine groups is 1. The standard InChI is InChI=1S/C21H41N5O3.HI/c1-5-22-19(23-9-6-10-25-13-15-28-16-14-25)24-17-18-7-11-26(12-8-18)20(27)29-21(2,3)4;/h18H,5-17H2,1-4H3,(H2,22,23,24);1H. The molecule has 2 N–H and O–H groups in total. The number of nitrogens with zero attached hydrogens (tertiary/aromatic N) is 3. The molecular weight excluding hydrogens is 497 g/mol. The van der Waals surface area contributed by atoms with Gasteiger partial charge in [-0.3, -0.25) is 9.89 Å². The van der Waals surface area contributed by atoms with Crippen molar-refractivity contribution >= 4 is 36.0 Å². The highest BCUT2D eigenvalue weighted by Crippen LogP contribution is 2.19. The lowest BCUT2D eigenvalue weighted by Crippen LogP contribution is -2.43. The SMILES string of the molecule is CCNC(=NCC1CCN(C(=O)OC(C)(C)C)CC1)NCCCN1CCOCC1.I. The zero-order chi connectivity index (χ0) is 21.1. The molecule has 2 aliphatic heterocycles. The van der Waals surface area contributed by atoms with E-state index < -0.39 is 5.60 Å². The van der Waals surface area contributed by atoms with Crippen molar-refractivity contribution in [3.05, 3.63) is 0 Å². The molecule has 0 aliphatic carbocycles. The molecule has 0 spiro atoms. The Morgan fingerprint density at radius 1 is 1.13 bits per heavy atom. The van der Waals surface area contributed by atoms with Gasteiger partial charge in [-0.2, -0.15) is 0 Å². The van der Waals surface area contributed by atoms with Crippen LogP contribution in [-0.4, -0.2) is 93.0 Å². The van der Waals surface area contributed by atoms with Gasteiger partial charge in [-0.25, -0.2) is 4.79 Å². The quantitative estimate of drug-likeness (QED) is 0.224. The third-order valence-electron chi connectivity index (χ3n) is 5.17. The van der Waals surface area contributed by atoms with Gasteiger partial charge in [0.1, 0.15) is 5.60 Å². The highest BCUT2D eigenvalue weighted by Gasteiger charge is 2.26. The minimum Gasteiger partial charge on any atom is -0.444 e. The Hall–Kier alpha value is -0.810. The van der Waals surface area contributed by atoms with Crippen molar-refractivity contribution in [1.82, 2.24) is 20.4 Å². The summed E-state index contributed by atoms with van der Waals surface area (Å²) in [5.74, 6) is 1.40. The van der Waals surface area contributed by atoms with Gasteiger partial charge in [0.25, 0.3) is 0 Å². The van der Waals surface area contributed by atoms with Crippen LogP contribution < -0.4 is 10.6 Å². The summed E-state index contributed by atoms with van der Waals surface area (Å²) in [4.78, 5) is 21.2. The first-order valence-electron chi connectivity index (χ1n) is 11.2. The molecule has 2 saturated heterocycles. The van der Waals surface area contributed by atoms with Gasteiger partial charge in [-0.05, 0) is 59.4 Å². The second-order valence-electron chi connectivity index (χ2n) is 8.86. The highest BCUT2D eigenvalue weighted by molar-refractivity contribution is 14.0. The topological polar surface area (TPSA) is 78.4 Å². The number of hydrogen-bond acceptors (Lipinski definition) is 5. The molecule has 0 saturated carbocycles. The fourth-order valence-electron chi connectivity index (χ4n) is 3.52. The Kier molecular flexibility index (Phi) is 13.0. The average Bonchev–Trinajstić information content (AvgIpc) is 2.69. The minimum atomic E-state index is -0.438. The summed E-state index contributed by atoms with van der Waals surface area (Å²) in [5.41, 5.74) is -0.438. The van der Waals surface area contributed by atoms with E-state index in [1.54, 1.807) is 0 Å². The van der Waals surface area contributed by atoms with E-state index in [1.165, 1.54) is 0 Å². The minimum absolute atomic E-state index is 0. The van der Waals surface area contributed by atoms with Gasteiger partial charge in [0.15, 0.2) is 5.96 Å². The number of likely N-dealkylation sites (tertiary alicyclic amines) is 1. The number of aliphatic imine (C=N–C) groups is 1. The molecule has 30 heavy (non-hydrogen) atoms. The zero-order valence-electron chi connectivity index (χ0n) is 19.2. The smallest absolute Gasteiger partial charge is 0.410 e. The first-order chi connectivity index (χ1) is 13.9. The summed E-state index contributed by atoms with van der Waals surface area (Å²) >= 11 is 0. The lowest BCUT2D eigenvalue weighted by atomic mass is 9.97. The number of carbonyl (C=O) groups excluding carboxylic acids is 1. The van der Waals surface area contributed by atoms with Crippen molar-refractivity contribution in [2.45, 2.75) is 52.6 Å². The maximum Gasteiger partial charge on any atom is 0.410 e. The molecule has 0 radical (unpaired) electrons. The summed E-state index contributed by atoms with van der Waals surface area (Å²) in [7, 11) is 0. The van der Waals surface area contributed by atoms with Crippen LogP contribution in [0.3, 0.4) is 0 Å². The molecule has 2 heterocycles. The average molecular weight is 540 g/mol. The molecule has 0 aromatic rings. The number of carbonyl (C=O) groups is 1. The number of morpholine rings is 1. The summed E-state index contributed by atoms with van der Waals surface area (Å²) in [6.07, 6.45) is 2.84. The predicted molar refractivity (Wildman–Crippen MR) is 132 cm³/mol. The van der Waals surface area contributed by atoms with Crippen molar-refractivity contribution in [3.8, 4) is 0 Å². The number of hydrogen-bond donors (Lipinski definition) is 2. The first-order valence-corrected chi connectivity index (χ1v) is 11.2. The molecule has 8 nitrogen and oxygen atoms in total. The van der Waals surface area contributed by atoms with E-state index in [9.17, 15) is 4.79 Å². The van der Waals surface area contributed by atoms with E-state index >= 15 is 0 Å². The molecule has 0 aromatic carbocycles. The van der Waals surface area contributed by atoms with E-state index in [0.717, 1.165) is 90.8 Å². The summed E-state index contributed by atoms with van der Waals surface area (Å²) in [5, 5.41) is 6.78. The van der Waals surface area contributed by atoms with Crippen molar-refractivity contribution in [2.75, 3.05) is 65.6 Å². The Balaban J connectivity index is 0.00000450. The monoisotopic (exact) mass is 539 g/mol. The third-order valence-corrected chi connectivity index (χ3v) is 5.17. The highest BCUT2D eigenvalue weighted by atomic mass is 127. The largest absolute Gasteiger partial charge is 0.444 e. The van der Waals surface area contributed by atoms with Crippen LogP contribution >= 0.6 is 24.0 Å². The van der Waals surface area contributed by atoms with Crippen LogP contribution in [0.15, 0.2) is 4.99 Å². The fourth-order valence-corrected chi connectivity index (χ4v) is 3.52. The molecule has 0 aromatic heterocycles. The molecule has 176 valence electrons. The summed E-state index contributed by atoms with van der Waals surface area (Å²) in [6.45, 7) is 16.7. The number of nitrogens with one attached hydrogen (secondary N) is 2. The molecule has 9 heteroatoms. The number of amides is 1. The Morgan fingerprint density at radius 2 is 1.80 bits per heavy atom. The molecular formula is C21H42IN5O3. The lowest BCUT2D eigenvalue weighted by Gasteiger charge is -2.33. The molecule has 0 atom stereocenters. The fraction of sp³-hybridized carbons (Fsp3) is 0.905. The predicted octanol–water partition coefficient (Wildman–Crippen LogP) is 2.53. The van der Waals surface area contributed by atoms with Crippen LogP contribution in [0.5, 0.6) is 0 Å². The van der Waals surface area contributed by atoms with E-state index in [-0.39, 0.29) is 30.1 Å². The maximum absolute atomic E-state index is 12.2. The first kappa shape index (κ1) is 27.2. The van der Waals surface area contributed by atoms with Gasteiger partial charge in [0.2, 0.25) is 0 Å². The Bertz CT molecular complexity index is 513. The lowest BCUT2D eigenvalue weighted by molar-refractivity contribution is 0.0187. The second kappa shape index (κ2) is 14.3. The van der Waals surface area contributed by atoms with E-state index in [4.69, 9.17) is 14.5 Å². The van der Waals surface area contributed by atoms with Gasteiger partial charge in [0.05, 0.1) is 13.2 Å². The molecule has 2 rings (SSSR count). The second-order valence-corrected chi connectivity index (χ2v) is 8.86. The van der Waals surface area contributed by atoms with Crippen molar-refractivity contribution in [1.29, 1.82) is 0 Å². The van der Waals surface area contributed by atoms with E-state index in [1.807, 2.05) is 25.7 Å². The van der Waals surface area contributed by atoms with Crippen molar-refractivity contribution in [2.24, 2.45) is 10.9 Å². The summed E-state index contributed by atoms with van der Waals surface area (Å²) < 4.78 is 10.9. The van der Waals surface area contributed by atoms with Gasteiger partial charge in [-0.15, -0.1) is 24.0 Å². The maximum atomic E-state index is 12.2. The Labute approximate surface area is 199 Å². The van der Waals surface area contributed by atoms with Crippen LogP contribution in [0.2, 0.25) is 0 Å². The number of piperidine rings is 1. The van der Waals surface area contributed by atoms with Crippen LogP contribution in [0, 0.1) is 5.92 Å². The van der Waals surface area contributed by atoms with E-state index in [2.05, 4.69) is 22.5 Å². The zero-order valence-corrected chi connectivity index (χ0v) is 21.6. The molecule has 1 amide bonds. The van der Waals surface area contributed by atoms with Crippen molar-refractivity contribution in [3.63, 3.8) is 0 Å². The number of ether oxygens (including phenoxy) is 2. The third kappa shape index (κ3) is 11.0. The van der Waals surface area contributed by atoms with Crippen LogP contribution in [0.25, 0.3) is 0 Å². The van der Waals surface area contributed by atoms with Crippen LogP contribution in [0.1, 0.15) is 47.0 Å². The Morgan fingerprint density at radius 3 is 2.40 bits per heavy atom. The molecule has 0 unspecified atom stereocenters. The van der Waals surface area contributed by atoms with Crippen molar-refractivity contribution < 1.29 is 14.3 Å². The van der Waals surface area contributed by atoms with Crippen LogP contribution in [-0.2, 0) is 9.47 Å². The normalized spacial score (nSPS) is 19.2. The molecule has 2 aliphatic rings.